The normalized spacial score (nSPS) is 11.0. The maximum absolute atomic E-state index is 12.2. The molecule has 29 heavy (non-hydrogen) atoms. The molecule has 0 amide bonds. The highest BCUT2D eigenvalue weighted by Crippen LogP contribution is 2.33. The van der Waals surface area contributed by atoms with Crippen molar-refractivity contribution in [3.05, 3.63) is 52.9 Å². The Labute approximate surface area is 171 Å². The highest BCUT2D eigenvalue weighted by atomic mass is 32.1. The number of nitrogens with zero attached hydrogens (tertiary/aromatic N) is 2. The first-order valence-corrected chi connectivity index (χ1v) is 9.77. The summed E-state index contributed by atoms with van der Waals surface area (Å²) in [5.41, 5.74) is 2.97. The first kappa shape index (κ1) is 19.1. The second kappa shape index (κ2) is 7.63. The van der Waals surface area contributed by atoms with E-state index in [0.29, 0.717) is 35.4 Å². The molecule has 0 radical (unpaired) electrons. The number of benzene rings is 1. The summed E-state index contributed by atoms with van der Waals surface area (Å²) in [5.74, 6) is 2.01. The third-order valence-electron chi connectivity index (χ3n) is 4.75. The van der Waals surface area contributed by atoms with Crippen molar-refractivity contribution in [2.75, 3.05) is 21.3 Å². The molecule has 0 unspecified atom stereocenters. The standard InChI is InChI=1S/C21H20N2O5S/c1-12-14(11-23-15-7-8-29-19(15)10-16(23)21(24)27-4)22-20(28-12)13-5-6-17(25-2)18(9-13)26-3/h5-10H,11H2,1-4H3. The van der Waals surface area contributed by atoms with Crippen molar-refractivity contribution in [3.63, 3.8) is 0 Å². The first-order valence-electron chi connectivity index (χ1n) is 8.89. The van der Waals surface area contributed by atoms with Gasteiger partial charge in [-0.1, -0.05) is 0 Å². The molecule has 0 atom stereocenters. The zero-order chi connectivity index (χ0) is 20.5. The van der Waals surface area contributed by atoms with Gasteiger partial charge in [-0.15, -0.1) is 11.3 Å². The Morgan fingerprint density at radius 1 is 1.14 bits per heavy atom. The summed E-state index contributed by atoms with van der Waals surface area (Å²) in [5, 5.41) is 1.99. The van der Waals surface area contributed by atoms with E-state index in [1.165, 1.54) is 7.11 Å². The number of fused-ring (bicyclic) bond motifs is 1. The fourth-order valence-corrected chi connectivity index (χ4v) is 4.06. The molecule has 3 heterocycles. The van der Waals surface area contributed by atoms with E-state index in [1.807, 2.05) is 47.2 Å². The molecular weight excluding hydrogens is 392 g/mol. The number of aromatic nitrogens is 2. The van der Waals surface area contributed by atoms with Gasteiger partial charge in [0.1, 0.15) is 17.1 Å². The Morgan fingerprint density at radius 3 is 2.66 bits per heavy atom. The Bertz CT molecular complexity index is 1190. The number of hydrogen-bond acceptors (Lipinski definition) is 7. The SMILES string of the molecule is COC(=O)c1cc2sccc2n1Cc1nc(-c2ccc(OC)c(OC)c2)oc1C. The molecule has 7 nitrogen and oxygen atoms in total. The number of rotatable bonds is 6. The van der Waals surface area contributed by atoms with Gasteiger partial charge in [0, 0.05) is 5.56 Å². The fourth-order valence-electron chi connectivity index (χ4n) is 3.24. The molecule has 4 rings (SSSR count). The summed E-state index contributed by atoms with van der Waals surface area (Å²) >= 11 is 1.58. The van der Waals surface area contributed by atoms with E-state index in [-0.39, 0.29) is 5.97 Å². The van der Waals surface area contributed by atoms with Crippen LogP contribution in [0.4, 0.5) is 0 Å². The van der Waals surface area contributed by atoms with Gasteiger partial charge in [-0.05, 0) is 42.6 Å². The molecule has 8 heteroatoms. The lowest BCUT2D eigenvalue weighted by Gasteiger charge is -2.08. The van der Waals surface area contributed by atoms with E-state index in [4.69, 9.17) is 18.6 Å². The van der Waals surface area contributed by atoms with E-state index in [0.717, 1.165) is 21.5 Å². The van der Waals surface area contributed by atoms with Crippen LogP contribution in [0, 0.1) is 6.92 Å². The van der Waals surface area contributed by atoms with E-state index in [1.54, 1.807) is 25.6 Å². The number of hydrogen-bond donors (Lipinski definition) is 0. The van der Waals surface area contributed by atoms with Crippen LogP contribution in [-0.2, 0) is 11.3 Å². The van der Waals surface area contributed by atoms with E-state index in [9.17, 15) is 4.79 Å². The molecule has 0 saturated heterocycles. The lowest BCUT2D eigenvalue weighted by atomic mass is 10.2. The predicted molar refractivity (Wildman–Crippen MR) is 110 cm³/mol. The second-order valence-corrected chi connectivity index (χ2v) is 7.32. The maximum atomic E-state index is 12.2. The Hall–Kier alpha value is -3.26. The van der Waals surface area contributed by atoms with Crippen molar-refractivity contribution in [2.24, 2.45) is 0 Å². The minimum atomic E-state index is -0.380. The van der Waals surface area contributed by atoms with Crippen LogP contribution in [-0.4, -0.2) is 36.8 Å². The molecule has 1 aromatic carbocycles. The molecule has 0 N–H and O–H groups in total. The van der Waals surface area contributed by atoms with Crippen LogP contribution >= 0.6 is 11.3 Å². The highest BCUT2D eigenvalue weighted by Gasteiger charge is 2.20. The Kier molecular flexibility index (Phi) is 5.02. The highest BCUT2D eigenvalue weighted by molar-refractivity contribution is 7.17. The smallest absolute Gasteiger partial charge is 0.354 e. The average Bonchev–Trinajstić information content (AvgIpc) is 3.43. The summed E-state index contributed by atoms with van der Waals surface area (Å²) in [6, 6.07) is 9.32. The summed E-state index contributed by atoms with van der Waals surface area (Å²) in [6.45, 7) is 2.26. The lowest BCUT2D eigenvalue weighted by molar-refractivity contribution is 0.0589. The molecular formula is C21H20N2O5S. The molecule has 0 fully saturated rings. The fraction of sp³-hybridized carbons (Fsp3) is 0.238. The Balaban J connectivity index is 1.72. The predicted octanol–water partition coefficient (Wildman–Crippen LogP) is 4.52. The first-order chi connectivity index (χ1) is 14.0. The summed E-state index contributed by atoms with van der Waals surface area (Å²) in [7, 11) is 4.55. The number of aryl methyl sites for hydroxylation is 1. The number of carbonyl (C=O) groups excluding carboxylic acids is 1. The van der Waals surface area contributed by atoms with Crippen LogP contribution in [0.2, 0.25) is 0 Å². The molecule has 0 aliphatic carbocycles. The average molecular weight is 412 g/mol. The number of oxazole rings is 1. The van der Waals surface area contributed by atoms with Gasteiger partial charge in [0.05, 0.1) is 38.1 Å². The van der Waals surface area contributed by atoms with Crippen LogP contribution < -0.4 is 9.47 Å². The van der Waals surface area contributed by atoms with Crippen molar-refractivity contribution in [1.82, 2.24) is 9.55 Å². The number of ether oxygens (including phenoxy) is 3. The Morgan fingerprint density at radius 2 is 1.93 bits per heavy atom. The molecule has 4 aromatic rings. The lowest BCUT2D eigenvalue weighted by Crippen LogP contribution is -2.12. The van der Waals surface area contributed by atoms with Crippen LogP contribution in [0.25, 0.3) is 21.7 Å². The number of esters is 1. The molecule has 0 aliphatic rings. The van der Waals surface area contributed by atoms with Crippen molar-refractivity contribution in [2.45, 2.75) is 13.5 Å². The number of carbonyl (C=O) groups is 1. The van der Waals surface area contributed by atoms with Crippen molar-refractivity contribution in [1.29, 1.82) is 0 Å². The minimum absolute atomic E-state index is 0.380. The van der Waals surface area contributed by atoms with Crippen LogP contribution in [0.15, 0.2) is 40.1 Å². The van der Waals surface area contributed by atoms with Gasteiger partial charge < -0.3 is 23.2 Å². The summed E-state index contributed by atoms with van der Waals surface area (Å²) < 4.78 is 24.4. The molecule has 0 saturated carbocycles. The van der Waals surface area contributed by atoms with Crippen LogP contribution in [0.3, 0.4) is 0 Å². The van der Waals surface area contributed by atoms with Crippen LogP contribution in [0.1, 0.15) is 21.9 Å². The molecule has 3 aromatic heterocycles. The van der Waals surface area contributed by atoms with Gasteiger partial charge in [0.25, 0.3) is 0 Å². The van der Waals surface area contributed by atoms with Gasteiger partial charge in [-0.3, -0.25) is 0 Å². The third-order valence-corrected chi connectivity index (χ3v) is 5.60. The maximum Gasteiger partial charge on any atom is 0.354 e. The van der Waals surface area contributed by atoms with Gasteiger partial charge in [-0.25, -0.2) is 9.78 Å². The van der Waals surface area contributed by atoms with Crippen molar-refractivity contribution >= 4 is 27.5 Å². The largest absolute Gasteiger partial charge is 0.493 e. The van der Waals surface area contributed by atoms with Gasteiger partial charge in [-0.2, -0.15) is 0 Å². The molecule has 0 aliphatic heterocycles. The number of thiophene rings is 1. The summed E-state index contributed by atoms with van der Waals surface area (Å²) in [4.78, 5) is 16.9. The van der Waals surface area contributed by atoms with E-state index in [2.05, 4.69) is 4.98 Å². The summed E-state index contributed by atoms with van der Waals surface area (Å²) in [6.07, 6.45) is 0. The van der Waals surface area contributed by atoms with Gasteiger partial charge in [0.2, 0.25) is 5.89 Å². The topological polar surface area (TPSA) is 75.7 Å². The monoisotopic (exact) mass is 412 g/mol. The van der Waals surface area contributed by atoms with Crippen molar-refractivity contribution < 1.29 is 23.4 Å². The third kappa shape index (κ3) is 3.36. The zero-order valence-corrected chi connectivity index (χ0v) is 17.3. The minimum Gasteiger partial charge on any atom is -0.493 e. The molecule has 0 spiro atoms. The van der Waals surface area contributed by atoms with Gasteiger partial charge in [0.15, 0.2) is 11.5 Å². The van der Waals surface area contributed by atoms with Crippen molar-refractivity contribution in [3.8, 4) is 23.0 Å². The van der Waals surface area contributed by atoms with Crippen LogP contribution in [0.5, 0.6) is 11.5 Å². The zero-order valence-electron chi connectivity index (χ0n) is 16.5. The second-order valence-electron chi connectivity index (χ2n) is 6.37. The van der Waals surface area contributed by atoms with E-state index >= 15 is 0 Å². The quantitative estimate of drug-likeness (QED) is 0.434. The molecule has 150 valence electrons. The van der Waals surface area contributed by atoms with E-state index < -0.39 is 0 Å². The number of methoxy groups -OCH3 is 3. The molecule has 0 bridgehead atoms. The van der Waals surface area contributed by atoms with Gasteiger partial charge >= 0.3 is 5.97 Å².